The Morgan fingerprint density at radius 3 is 2.79 bits per heavy atom. The molecule has 0 radical (unpaired) electrons. The topological polar surface area (TPSA) is 104 Å². The van der Waals surface area contributed by atoms with Crippen LogP contribution in [0.25, 0.3) is 0 Å². The zero-order valence-electron chi connectivity index (χ0n) is 10.4. The number of carbonyl (C=O) groups excluding carboxylic acids is 1. The first-order valence-corrected chi connectivity index (χ1v) is 6.10. The van der Waals surface area contributed by atoms with Gasteiger partial charge in [0.2, 0.25) is 0 Å². The average Bonchev–Trinajstić information content (AvgIpc) is 2.41. The van der Waals surface area contributed by atoms with Crippen LogP contribution < -0.4 is 5.73 Å². The minimum absolute atomic E-state index is 0.117. The number of phenolic OH excluding ortho intramolecular Hbond substituents is 1. The van der Waals surface area contributed by atoms with Crippen molar-refractivity contribution in [3.8, 4) is 5.75 Å². The van der Waals surface area contributed by atoms with E-state index in [1.54, 1.807) is 6.07 Å². The second-order valence-corrected chi connectivity index (χ2v) is 4.67. The Kier molecular flexibility index (Phi) is 3.59. The van der Waals surface area contributed by atoms with Crippen molar-refractivity contribution in [3.63, 3.8) is 0 Å². The van der Waals surface area contributed by atoms with E-state index < -0.39 is 11.9 Å². The van der Waals surface area contributed by atoms with Crippen LogP contribution in [-0.2, 0) is 4.79 Å². The minimum atomic E-state index is -0.894. The maximum absolute atomic E-state index is 12.3. The molecule has 1 aromatic rings. The van der Waals surface area contributed by atoms with Gasteiger partial charge in [-0.05, 0) is 25.0 Å². The molecule has 4 N–H and O–H groups in total. The SMILES string of the molecule is Nc1cccc(C(=O)N2CCCC(C(=O)O)C2)c1O. The number of carboxylic acids is 1. The van der Waals surface area contributed by atoms with Gasteiger partial charge in [0.15, 0.2) is 5.75 Å². The first kappa shape index (κ1) is 13.2. The summed E-state index contributed by atoms with van der Waals surface area (Å²) in [5.41, 5.74) is 5.80. The maximum atomic E-state index is 12.3. The van der Waals surface area contributed by atoms with E-state index in [2.05, 4.69) is 0 Å². The molecule has 0 bridgehead atoms. The predicted octanol–water partition coefficient (Wildman–Crippen LogP) is 0.911. The highest BCUT2D eigenvalue weighted by Gasteiger charge is 2.29. The van der Waals surface area contributed by atoms with Gasteiger partial charge in [-0.2, -0.15) is 0 Å². The molecule has 19 heavy (non-hydrogen) atoms. The molecular weight excluding hydrogens is 248 g/mol. The average molecular weight is 264 g/mol. The highest BCUT2D eigenvalue weighted by atomic mass is 16.4. The van der Waals surface area contributed by atoms with Gasteiger partial charge >= 0.3 is 5.97 Å². The standard InChI is InChI=1S/C13H16N2O4/c14-10-5-1-4-9(11(10)16)12(17)15-6-2-3-8(7-15)13(18)19/h1,4-5,8,16H,2-3,6-7,14H2,(H,18,19). The van der Waals surface area contributed by atoms with Crippen LogP contribution in [0, 0.1) is 5.92 Å². The summed E-state index contributed by atoms with van der Waals surface area (Å²) >= 11 is 0. The Bertz CT molecular complexity index is 515. The number of amides is 1. The van der Waals surface area contributed by atoms with Crippen molar-refractivity contribution < 1.29 is 19.8 Å². The van der Waals surface area contributed by atoms with E-state index in [1.807, 2.05) is 0 Å². The van der Waals surface area contributed by atoms with Gasteiger partial charge in [-0.1, -0.05) is 6.07 Å². The molecule has 102 valence electrons. The molecule has 1 amide bonds. The number of phenols is 1. The van der Waals surface area contributed by atoms with Crippen molar-refractivity contribution in [3.05, 3.63) is 23.8 Å². The lowest BCUT2D eigenvalue weighted by atomic mass is 9.97. The zero-order chi connectivity index (χ0) is 14.0. The Labute approximate surface area is 110 Å². The Balaban J connectivity index is 2.19. The molecular formula is C13H16N2O4. The summed E-state index contributed by atoms with van der Waals surface area (Å²) in [5, 5.41) is 18.8. The molecule has 0 aromatic heterocycles. The molecule has 1 atom stereocenters. The second-order valence-electron chi connectivity index (χ2n) is 4.67. The molecule has 6 heteroatoms. The van der Waals surface area contributed by atoms with Gasteiger partial charge in [0.05, 0.1) is 17.2 Å². The van der Waals surface area contributed by atoms with Crippen molar-refractivity contribution in [2.75, 3.05) is 18.8 Å². The number of piperidine rings is 1. The van der Waals surface area contributed by atoms with Gasteiger partial charge < -0.3 is 20.8 Å². The summed E-state index contributed by atoms with van der Waals surface area (Å²) < 4.78 is 0. The summed E-state index contributed by atoms with van der Waals surface area (Å²) in [5.74, 6) is -2.06. The van der Waals surface area contributed by atoms with E-state index in [1.165, 1.54) is 17.0 Å². The van der Waals surface area contributed by atoms with E-state index in [-0.39, 0.29) is 29.5 Å². The zero-order valence-corrected chi connectivity index (χ0v) is 10.4. The molecule has 1 aliphatic heterocycles. The first-order valence-electron chi connectivity index (χ1n) is 6.10. The fourth-order valence-electron chi connectivity index (χ4n) is 2.27. The number of likely N-dealkylation sites (tertiary alicyclic amines) is 1. The quantitative estimate of drug-likeness (QED) is 0.544. The van der Waals surface area contributed by atoms with E-state index in [9.17, 15) is 14.7 Å². The molecule has 1 heterocycles. The molecule has 1 aliphatic rings. The van der Waals surface area contributed by atoms with Gasteiger partial charge in [-0.3, -0.25) is 9.59 Å². The van der Waals surface area contributed by atoms with Crippen molar-refractivity contribution in [1.82, 2.24) is 4.90 Å². The molecule has 1 fully saturated rings. The van der Waals surface area contributed by atoms with Crippen LogP contribution in [0.15, 0.2) is 18.2 Å². The van der Waals surface area contributed by atoms with Crippen LogP contribution in [0.2, 0.25) is 0 Å². The number of para-hydroxylation sites is 1. The third kappa shape index (κ3) is 2.62. The second kappa shape index (κ2) is 5.17. The maximum Gasteiger partial charge on any atom is 0.308 e. The van der Waals surface area contributed by atoms with Gasteiger partial charge in [0.1, 0.15) is 0 Å². The third-order valence-electron chi connectivity index (χ3n) is 3.36. The summed E-state index contributed by atoms with van der Waals surface area (Å²) in [4.78, 5) is 24.7. The van der Waals surface area contributed by atoms with E-state index in [0.717, 1.165) is 0 Å². The number of rotatable bonds is 2. The van der Waals surface area contributed by atoms with Crippen molar-refractivity contribution >= 4 is 17.6 Å². The third-order valence-corrected chi connectivity index (χ3v) is 3.36. The number of carbonyl (C=O) groups is 2. The Morgan fingerprint density at radius 2 is 2.11 bits per heavy atom. The van der Waals surface area contributed by atoms with Crippen molar-refractivity contribution in [2.24, 2.45) is 5.92 Å². The van der Waals surface area contributed by atoms with Crippen LogP contribution >= 0.6 is 0 Å². The first-order chi connectivity index (χ1) is 9.00. The van der Waals surface area contributed by atoms with Crippen LogP contribution in [0.3, 0.4) is 0 Å². The molecule has 2 rings (SSSR count). The lowest BCUT2D eigenvalue weighted by molar-refractivity contribution is -0.143. The van der Waals surface area contributed by atoms with Gasteiger partial charge in [0.25, 0.3) is 5.91 Å². The van der Waals surface area contributed by atoms with Crippen LogP contribution in [-0.4, -0.2) is 40.1 Å². The lowest BCUT2D eigenvalue weighted by Gasteiger charge is -2.31. The number of benzene rings is 1. The summed E-state index contributed by atoms with van der Waals surface area (Å²) in [7, 11) is 0. The molecule has 1 aromatic carbocycles. The van der Waals surface area contributed by atoms with Crippen LogP contribution in [0.1, 0.15) is 23.2 Å². The number of aliphatic carboxylic acids is 1. The molecule has 0 aliphatic carbocycles. The Hall–Kier alpha value is -2.24. The van der Waals surface area contributed by atoms with Crippen molar-refractivity contribution in [1.29, 1.82) is 0 Å². The summed E-state index contributed by atoms with van der Waals surface area (Å²) in [6, 6.07) is 4.57. The number of carboxylic acid groups (broad SMARTS) is 1. The number of aromatic hydroxyl groups is 1. The fraction of sp³-hybridized carbons (Fsp3) is 0.385. The summed E-state index contributed by atoms with van der Waals surface area (Å²) in [6.07, 6.45) is 1.22. The van der Waals surface area contributed by atoms with E-state index >= 15 is 0 Å². The van der Waals surface area contributed by atoms with E-state index in [4.69, 9.17) is 10.8 Å². The number of anilines is 1. The van der Waals surface area contributed by atoms with Crippen LogP contribution in [0.4, 0.5) is 5.69 Å². The number of nitrogen functional groups attached to an aromatic ring is 1. The largest absolute Gasteiger partial charge is 0.505 e. The number of nitrogens with zero attached hydrogens (tertiary/aromatic N) is 1. The smallest absolute Gasteiger partial charge is 0.308 e. The molecule has 0 saturated carbocycles. The minimum Gasteiger partial charge on any atom is -0.505 e. The highest BCUT2D eigenvalue weighted by molar-refractivity contribution is 5.98. The normalized spacial score (nSPS) is 19.2. The number of hydrogen-bond acceptors (Lipinski definition) is 4. The Morgan fingerprint density at radius 1 is 1.37 bits per heavy atom. The number of hydrogen-bond donors (Lipinski definition) is 3. The molecule has 6 nitrogen and oxygen atoms in total. The van der Waals surface area contributed by atoms with Crippen LogP contribution in [0.5, 0.6) is 5.75 Å². The lowest BCUT2D eigenvalue weighted by Crippen LogP contribution is -2.42. The molecule has 1 unspecified atom stereocenters. The fourth-order valence-corrected chi connectivity index (χ4v) is 2.27. The predicted molar refractivity (Wildman–Crippen MR) is 68.8 cm³/mol. The summed E-state index contributed by atoms with van der Waals surface area (Å²) in [6.45, 7) is 0.666. The number of nitrogens with two attached hydrogens (primary N) is 1. The van der Waals surface area contributed by atoms with Crippen molar-refractivity contribution in [2.45, 2.75) is 12.8 Å². The monoisotopic (exact) mass is 264 g/mol. The molecule has 1 saturated heterocycles. The molecule has 0 spiro atoms. The highest BCUT2D eigenvalue weighted by Crippen LogP contribution is 2.27. The van der Waals surface area contributed by atoms with Gasteiger partial charge in [-0.25, -0.2) is 0 Å². The van der Waals surface area contributed by atoms with E-state index in [0.29, 0.717) is 19.4 Å². The van der Waals surface area contributed by atoms with Gasteiger partial charge in [0, 0.05) is 13.1 Å². The van der Waals surface area contributed by atoms with Gasteiger partial charge in [-0.15, -0.1) is 0 Å².